The Kier molecular flexibility index (Phi) is 7.87. The van der Waals surface area contributed by atoms with E-state index in [1.54, 1.807) is 43.4 Å². The van der Waals surface area contributed by atoms with Gasteiger partial charge in [0.25, 0.3) is 5.91 Å². The number of benzene rings is 2. The normalized spacial score (nSPS) is 14.7. The lowest BCUT2D eigenvalue weighted by Crippen LogP contribution is -2.30. The number of hydrogen-bond acceptors (Lipinski definition) is 6. The van der Waals surface area contributed by atoms with E-state index < -0.39 is 0 Å². The van der Waals surface area contributed by atoms with Gasteiger partial charge in [0.05, 0.1) is 31.5 Å². The van der Waals surface area contributed by atoms with Gasteiger partial charge in [-0.25, -0.2) is 4.99 Å². The van der Waals surface area contributed by atoms with Crippen molar-refractivity contribution in [2.24, 2.45) is 4.99 Å². The van der Waals surface area contributed by atoms with Crippen LogP contribution in [0.25, 0.3) is 6.08 Å². The van der Waals surface area contributed by atoms with Gasteiger partial charge in [-0.2, -0.15) is 0 Å². The first-order valence-corrected chi connectivity index (χ1v) is 11.3. The predicted octanol–water partition coefficient (Wildman–Crippen LogP) is 5.64. The highest BCUT2D eigenvalue weighted by Gasteiger charge is 2.32. The van der Waals surface area contributed by atoms with Gasteiger partial charge in [0, 0.05) is 5.75 Å². The molecule has 0 aliphatic carbocycles. The summed E-state index contributed by atoms with van der Waals surface area (Å²) in [5.74, 6) is 2.44. The number of thioether (sulfide) groups is 1. The fourth-order valence-corrected chi connectivity index (χ4v) is 4.13. The Morgan fingerprint density at radius 2 is 1.81 bits per heavy atom. The lowest BCUT2D eigenvalue weighted by molar-refractivity contribution is -0.113. The minimum atomic E-state index is -0.215. The molecule has 0 fully saturated rings. The molecule has 0 radical (unpaired) electrons. The Bertz CT molecular complexity index is 1020. The summed E-state index contributed by atoms with van der Waals surface area (Å²) in [6, 6.07) is 10.8. The Hall–Kier alpha value is -2.64. The van der Waals surface area contributed by atoms with Gasteiger partial charge in [-0.05, 0) is 55.3 Å². The minimum Gasteiger partial charge on any atom is -0.495 e. The van der Waals surface area contributed by atoms with Gasteiger partial charge < -0.3 is 14.2 Å². The molecule has 6 nitrogen and oxygen atoms in total. The van der Waals surface area contributed by atoms with Crippen molar-refractivity contribution in [3.05, 3.63) is 52.7 Å². The molecule has 1 amide bonds. The topological polar surface area (TPSA) is 60.4 Å². The molecule has 3 rings (SSSR count). The quantitative estimate of drug-likeness (QED) is 0.477. The standard InChI is InChI=1S/C23H25ClN2O4S/c1-5-11-31-23-25-18(12-15-7-9-20(30-6-2)21(13-15)29-4)22(27)26(23)16-8-10-19(28-3)17(24)14-16/h7-10,12-14H,5-6,11H2,1-4H3. The number of aliphatic imine (C=N–C) groups is 1. The molecule has 2 aromatic carbocycles. The average Bonchev–Trinajstić information content (AvgIpc) is 3.08. The van der Waals surface area contributed by atoms with Crippen LogP contribution in [-0.4, -0.2) is 37.7 Å². The van der Waals surface area contributed by atoms with Crippen LogP contribution in [0.15, 0.2) is 47.1 Å². The molecule has 0 unspecified atom stereocenters. The molecule has 2 aromatic rings. The lowest BCUT2D eigenvalue weighted by atomic mass is 10.1. The predicted molar refractivity (Wildman–Crippen MR) is 128 cm³/mol. The number of ether oxygens (including phenoxy) is 3. The number of nitrogens with zero attached hydrogens (tertiary/aromatic N) is 2. The van der Waals surface area contributed by atoms with Crippen molar-refractivity contribution in [1.29, 1.82) is 0 Å². The average molecular weight is 461 g/mol. The van der Waals surface area contributed by atoms with Crippen LogP contribution in [0.1, 0.15) is 25.8 Å². The van der Waals surface area contributed by atoms with Crippen molar-refractivity contribution in [3.63, 3.8) is 0 Å². The summed E-state index contributed by atoms with van der Waals surface area (Å²) in [5, 5.41) is 1.05. The SMILES string of the molecule is CCCSC1=NC(=Cc2ccc(OCC)c(OC)c2)C(=O)N1c1ccc(OC)c(Cl)c1. The second-order valence-electron chi connectivity index (χ2n) is 6.58. The maximum absolute atomic E-state index is 13.3. The van der Waals surface area contributed by atoms with Crippen molar-refractivity contribution in [3.8, 4) is 17.2 Å². The van der Waals surface area contributed by atoms with E-state index >= 15 is 0 Å². The Morgan fingerprint density at radius 3 is 2.45 bits per heavy atom. The summed E-state index contributed by atoms with van der Waals surface area (Å²) in [4.78, 5) is 19.5. The van der Waals surface area contributed by atoms with E-state index in [9.17, 15) is 4.79 Å². The number of hydrogen-bond donors (Lipinski definition) is 0. The maximum Gasteiger partial charge on any atom is 0.283 e. The van der Waals surface area contributed by atoms with Gasteiger partial charge in [0.2, 0.25) is 0 Å². The number of rotatable bonds is 8. The fraction of sp³-hybridized carbons (Fsp3) is 0.304. The zero-order chi connectivity index (χ0) is 22.4. The second-order valence-corrected chi connectivity index (χ2v) is 8.04. The van der Waals surface area contributed by atoms with Crippen LogP contribution in [0, 0.1) is 0 Å². The Morgan fingerprint density at radius 1 is 1.06 bits per heavy atom. The van der Waals surface area contributed by atoms with Crippen molar-refractivity contribution in [1.82, 2.24) is 0 Å². The molecule has 0 N–H and O–H groups in total. The first kappa shape index (κ1) is 23.0. The van der Waals surface area contributed by atoms with Crippen molar-refractivity contribution >= 4 is 46.2 Å². The van der Waals surface area contributed by atoms with Crippen molar-refractivity contribution in [2.75, 3.05) is 31.5 Å². The van der Waals surface area contributed by atoms with Gasteiger partial charge in [-0.3, -0.25) is 9.69 Å². The van der Waals surface area contributed by atoms with Crippen LogP contribution in [0.2, 0.25) is 5.02 Å². The van der Waals surface area contributed by atoms with Crippen molar-refractivity contribution in [2.45, 2.75) is 20.3 Å². The van der Waals surface area contributed by atoms with Crippen LogP contribution in [0.4, 0.5) is 5.69 Å². The second kappa shape index (κ2) is 10.6. The molecule has 0 aromatic heterocycles. The first-order chi connectivity index (χ1) is 15.0. The number of amidine groups is 1. The highest BCUT2D eigenvalue weighted by atomic mass is 35.5. The molecule has 0 saturated heterocycles. The zero-order valence-electron chi connectivity index (χ0n) is 18.0. The van der Waals surface area contributed by atoms with Gasteiger partial charge >= 0.3 is 0 Å². The lowest BCUT2D eigenvalue weighted by Gasteiger charge is -2.18. The van der Waals surface area contributed by atoms with Crippen LogP contribution in [-0.2, 0) is 4.79 Å². The number of carbonyl (C=O) groups is 1. The third-order valence-electron chi connectivity index (χ3n) is 4.45. The molecule has 164 valence electrons. The van der Waals surface area contributed by atoms with E-state index in [0.717, 1.165) is 17.7 Å². The van der Waals surface area contributed by atoms with Crippen LogP contribution >= 0.6 is 23.4 Å². The molecule has 1 aliphatic heterocycles. The highest BCUT2D eigenvalue weighted by Crippen LogP contribution is 2.35. The number of carbonyl (C=O) groups excluding carboxylic acids is 1. The fourth-order valence-electron chi connectivity index (χ4n) is 3.02. The summed E-state index contributed by atoms with van der Waals surface area (Å²) >= 11 is 7.83. The molecule has 31 heavy (non-hydrogen) atoms. The van der Waals surface area contributed by atoms with E-state index in [4.69, 9.17) is 25.8 Å². The molecule has 0 bridgehead atoms. The molecule has 8 heteroatoms. The van der Waals surface area contributed by atoms with Crippen LogP contribution in [0.5, 0.6) is 17.2 Å². The van der Waals surface area contributed by atoms with E-state index in [2.05, 4.69) is 11.9 Å². The van der Waals surface area contributed by atoms with Crippen LogP contribution < -0.4 is 19.1 Å². The van der Waals surface area contributed by atoms with Gasteiger partial charge in [0.1, 0.15) is 11.4 Å². The molecule has 1 heterocycles. The number of methoxy groups -OCH3 is 2. The summed E-state index contributed by atoms with van der Waals surface area (Å²) in [5.41, 5.74) is 1.78. The van der Waals surface area contributed by atoms with Gasteiger partial charge in [-0.15, -0.1) is 0 Å². The summed E-state index contributed by atoms with van der Waals surface area (Å²) < 4.78 is 16.2. The number of amides is 1. The van der Waals surface area contributed by atoms with E-state index in [0.29, 0.717) is 45.4 Å². The van der Waals surface area contributed by atoms with Crippen molar-refractivity contribution < 1.29 is 19.0 Å². The molecule has 0 saturated carbocycles. The Labute approximate surface area is 191 Å². The van der Waals surface area contributed by atoms with Gasteiger partial charge in [0.15, 0.2) is 16.7 Å². The van der Waals surface area contributed by atoms with E-state index in [1.807, 2.05) is 25.1 Å². The highest BCUT2D eigenvalue weighted by molar-refractivity contribution is 8.14. The smallest absolute Gasteiger partial charge is 0.283 e. The largest absolute Gasteiger partial charge is 0.495 e. The van der Waals surface area contributed by atoms with Crippen LogP contribution in [0.3, 0.4) is 0 Å². The summed E-state index contributed by atoms with van der Waals surface area (Å²) in [6.07, 6.45) is 2.71. The Balaban J connectivity index is 1.97. The number of halogens is 1. The molecular formula is C23H25ClN2O4S. The third kappa shape index (κ3) is 5.17. The van der Waals surface area contributed by atoms with Gasteiger partial charge in [-0.1, -0.05) is 36.4 Å². The molecule has 0 atom stereocenters. The van der Waals surface area contributed by atoms with E-state index in [-0.39, 0.29) is 5.91 Å². The molecule has 0 spiro atoms. The number of anilines is 1. The molecular weight excluding hydrogens is 436 g/mol. The maximum atomic E-state index is 13.3. The monoisotopic (exact) mass is 460 g/mol. The summed E-state index contributed by atoms with van der Waals surface area (Å²) in [7, 11) is 3.14. The first-order valence-electron chi connectivity index (χ1n) is 9.94. The third-order valence-corrected chi connectivity index (χ3v) is 5.89. The zero-order valence-corrected chi connectivity index (χ0v) is 19.5. The van der Waals surface area contributed by atoms with E-state index in [1.165, 1.54) is 11.8 Å². The molecule has 1 aliphatic rings. The summed E-state index contributed by atoms with van der Waals surface area (Å²) in [6.45, 7) is 4.54. The minimum absolute atomic E-state index is 0.215.